The van der Waals surface area contributed by atoms with Crippen LogP contribution in [0.3, 0.4) is 0 Å². The van der Waals surface area contributed by atoms with Gasteiger partial charge in [0.1, 0.15) is 18.3 Å². The van der Waals surface area contributed by atoms with Crippen LogP contribution >= 0.6 is 0 Å². The number of aliphatic carboxylic acids is 1. The summed E-state index contributed by atoms with van der Waals surface area (Å²) in [6.07, 6.45) is -4.31. The first kappa shape index (κ1) is 21.7. The molecule has 0 aromatic rings. The van der Waals surface area contributed by atoms with Gasteiger partial charge in [0.15, 0.2) is 11.6 Å². The lowest BCUT2D eigenvalue weighted by Gasteiger charge is -2.32. The van der Waals surface area contributed by atoms with Gasteiger partial charge in [0.05, 0.1) is 18.8 Å². The standard InChI is InChI=1S/C17H27NO9/c1-8(19)18-12(9(20)6-10(21)15(22)23)14-13(26-17(4,5)27-14)11-7-24-16(2,3)25-11/h9,11-14,20H,6-7H2,1-5H3,(H,18,19)(H,22,23)/t9-,11+,12-,13+,14+/m0/s1. The number of nitrogens with one attached hydrogen (secondary N) is 1. The molecule has 27 heavy (non-hydrogen) atoms. The summed E-state index contributed by atoms with van der Waals surface area (Å²) in [4.78, 5) is 34.0. The Morgan fingerprint density at radius 2 is 1.74 bits per heavy atom. The van der Waals surface area contributed by atoms with Gasteiger partial charge >= 0.3 is 5.97 Å². The van der Waals surface area contributed by atoms with Crippen LogP contribution in [0.25, 0.3) is 0 Å². The first-order valence-corrected chi connectivity index (χ1v) is 8.70. The number of aliphatic hydroxyl groups is 1. The summed E-state index contributed by atoms with van der Waals surface area (Å²) in [5.41, 5.74) is 0. The van der Waals surface area contributed by atoms with Crippen LogP contribution in [0.4, 0.5) is 0 Å². The minimum Gasteiger partial charge on any atom is -0.475 e. The van der Waals surface area contributed by atoms with Crippen molar-refractivity contribution in [3.8, 4) is 0 Å². The molecule has 2 fully saturated rings. The molecule has 10 heteroatoms. The van der Waals surface area contributed by atoms with Gasteiger partial charge in [0, 0.05) is 13.3 Å². The Labute approximate surface area is 157 Å². The Hall–Kier alpha value is -1.59. The zero-order valence-corrected chi connectivity index (χ0v) is 16.1. The molecular weight excluding hydrogens is 362 g/mol. The van der Waals surface area contributed by atoms with Crippen molar-refractivity contribution in [3.63, 3.8) is 0 Å². The fourth-order valence-electron chi connectivity index (χ4n) is 3.30. The van der Waals surface area contributed by atoms with Gasteiger partial charge in [-0.05, 0) is 27.7 Å². The topological polar surface area (TPSA) is 141 Å². The van der Waals surface area contributed by atoms with Gasteiger partial charge < -0.3 is 34.5 Å². The summed E-state index contributed by atoms with van der Waals surface area (Å²) in [5, 5.41) is 21.8. The summed E-state index contributed by atoms with van der Waals surface area (Å²) < 4.78 is 23.2. The van der Waals surface area contributed by atoms with Crippen molar-refractivity contribution >= 4 is 17.7 Å². The molecule has 1 amide bonds. The third-order valence-corrected chi connectivity index (χ3v) is 4.33. The van der Waals surface area contributed by atoms with E-state index >= 15 is 0 Å². The smallest absolute Gasteiger partial charge is 0.372 e. The van der Waals surface area contributed by atoms with Gasteiger partial charge in [-0.2, -0.15) is 0 Å². The fraction of sp³-hybridized carbons (Fsp3) is 0.824. The van der Waals surface area contributed by atoms with Crippen LogP contribution in [0, 0.1) is 0 Å². The molecule has 2 saturated heterocycles. The van der Waals surface area contributed by atoms with Crippen LogP contribution in [0.5, 0.6) is 0 Å². The Bertz CT molecular complexity index is 603. The number of hydrogen-bond donors (Lipinski definition) is 3. The molecule has 2 aliphatic rings. The van der Waals surface area contributed by atoms with Gasteiger partial charge in [-0.15, -0.1) is 0 Å². The highest BCUT2D eigenvalue weighted by Crippen LogP contribution is 2.37. The highest BCUT2D eigenvalue weighted by atomic mass is 16.8. The number of hydrogen-bond acceptors (Lipinski definition) is 8. The van der Waals surface area contributed by atoms with E-state index in [1.54, 1.807) is 27.7 Å². The first-order valence-electron chi connectivity index (χ1n) is 8.70. The number of Topliss-reactive ketones (excluding diaryl/α,β-unsaturated/α-hetero) is 1. The molecule has 154 valence electrons. The van der Waals surface area contributed by atoms with Gasteiger partial charge in [-0.3, -0.25) is 9.59 Å². The van der Waals surface area contributed by atoms with Gasteiger partial charge in [-0.1, -0.05) is 0 Å². The second kappa shape index (κ2) is 7.80. The Morgan fingerprint density at radius 1 is 1.11 bits per heavy atom. The number of ketones is 1. The second-order valence-electron chi connectivity index (χ2n) is 7.66. The molecule has 0 aromatic carbocycles. The number of aliphatic hydroxyl groups excluding tert-OH is 1. The number of rotatable bonds is 7. The van der Waals surface area contributed by atoms with E-state index in [-0.39, 0.29) is 6.61 Å². The van der Waals surface area contributed by atoms with Gasteiger partial charge in [0.2, 0.25) is 11.7 Å². The van der Waals surface area contributed by atoms with E-state index in [1.165, 1.54) is 6.92 Å². The lowest BCUT2D eigenvalue weighted by molar-refractivity contribution is -0.175. The zero-order valence-electron chi connectivity index (χ0n) is 16.1. The molecule has 0 saturated carbocycles. The summed E-state index contributed by atoms with van der Waals surface area (Å²) in [6.45, 7) is 8.28. The zero-order chi connectivity index (χ0) is 20.6. The third-order valence-electron chi connectivity index (χ3n) is 4.33. The van der Waals surface area contributed by atoms with E-state index in [0.29, 0.717) is 0 Å². The van der Waals surface area contributed by atoms with Crippen molar-refractivity contribution < 1.29 is 43.5 Å². The lowest BCUT2D eigenvalue weighted by atomic mass is 9.94. The van der Waals surface area contributed by atoms with E-state index in [2.05, 4.69) is 5.32 Å². The molecule has 2 aliphatic heterocycles. The summed E-state index contributed by atoms with van der Waals surface area (Å²) in [5.74, 6) is -5.18. The van der Waals surface area contributed by atoms with Crippen LogP contribution in [0.1, 0.15) is 41.0 Å². The summed E-state index contributed by atoms with van der Waals surface area (Å²) in [7, 11) is 0. The SMILES string of the molecule is CC(=O)N[C@H]([C@H]1OC(C)(C)O[C@@H]1[C@H]1COC(C)(C)O1)[C@@H](O)CC(=O)C(=O)O. The normalized spacial score (nSPS) is 31.3. The van der Waals surface area contributed by atoms with Crippen molar-refractivity contribution in [1.82, 2.24) is 5.32 Å². The van der Waals surface area contributed by atoms with Crippen molar-refractivity contribution in [2.75, 3.05) is 6.61 Å². The van der Waals surface area contributed by atoms with Crippen molar-refractivity contribution in [1.29, 1.82) is 0 Å². The van der Waals surface area contributed by atoms with Crippen LogP contribution in [-0.2, 0) is 33.3 Å². The van der Waals surface area contributed by atoms with Gasteiger partial charge in [0.25, 0.3) is 0 Å². The first-order chi connectivity index (χ1) is 12.3. The molecule has 2 heterocycles. The monoisotopic (exact) mass is 389 g/mol. The Morgan fingerprint density at radius 3 is 2.22 bits per heavy atom. The molecular formula is C17H27NO9. The van der Waals surface area contributed by atoms with Crippen molar-refractivity contribution in [2.45, 2.75) is 83.1 Å². The Balaban J connectivity index is 2.26. The molecule has 0 spiro atoms. The average Bonchev–Trinajstić information content (AvgIpc) is 3.03. The predicted octanol–water partition coefficient (Wildman–Crippen LogP) is -0.433. The summed E-state index contributed by atoms with van der Waals surface area (Å²) in [6, 6.07) is -1.08. The maximum atomic E-state index is 11.7. The highest BCUT2D eigenvalue weighted by Gasteiger charge is 2.53. The maximum Gasteiger partial charge on any atom is 0.372 e. The van der Waals surface area contributed by atoms with E-state index in [0.717, 1.165) is 0 Å². The van der Waals surface area contributed by atoms with Gasteiger partial charge in [-0.25, -0.2) is 4.79 Å². The quantitative estimate of drug-likeness (QED) is 0.495. The van der Waals surface area contributed by atoms with E-state index in [9.17, 15) is 19.5 Å². The number of carboxylic acid groups (broad SMARTS) is 1. The third kappa shape index (κ3) is 5.45. The van der Waals surface area contributed by atoms with Crippen molar-refractivity contribution in [3.05, 3.63) is 0 Å². The number of carbonyl (C=O) groups is 3. The second-order valence-corrected chi connectivity index (χ2v) is 7.66. The van der Waals surface area contributed by atoms with Crippen LogP contribution in [0.2, 0.25) is 0 Å². The molecule has 0 bridgehead atoms. The molecule has 5 atom stereocenters. The minimum atomic E-state index is -1.66. The molecule has 10 nitrogen and oxygen atoms in total. The van der Waals surface area contributed by atoms with E-state index < -0.39 is 66.1 Å². The van der Waals surface area contributed by atoms with Crippen LogP contribution < -0.4 is 5.32 Å². The number of ether oxygens (including phenoxy) is 4. The molecule has 2 rings (SSSR count). The maximum absolute atomic E-state index is 11.7. The molecule has 0 aliphatic carbocycles. The largest absolute Gasteiger partial charge is 0.475 e. The highest BCUT2D eigenvalue weighted by molar-refractivity contribution is 6.32. The predicted molar refractivity (Wildman–Crippen MR) is 89.6 cm³/mol. The molecule has 0 aromatic heterocycles. The van der Waals surface area contributed by atoms with Crippen molar-refractivity contribution in [2.24, 2.45) is 0 Å². The molecule has 3 N–H and O–H groups in total. The minimum absolute atomic E-state index is 0.213. The van der Waals surface area contributed by atoms with E-state index in [4.69, 9.17) is 24.1 Å². The average molecular weight is 389 g/mol. The summed E-state index contributed by atoms with van der Waals surface area (Å²) >= 11 is 0. The molecule has 0 unspecified atom stereocenters. The number of carboxylic acids is 1. The lowest BCUT2D eigenvalue weighted by Crippen LogP contribution is -2.56. The fourth-order valence-corrected chi connectivity index (χ4v) is 3.30. The molecule has 0 radical (unpaired) electrons. The number of carbonyl (C=O) groups excluding carboxylic acids is 2. The van der Waals surface area contributed by atoms with E-state index in [1.807, 2.05) is 0 Å². The Kier molecular flexibility index (Phi) is 6.27. The number of amides is 1. The van der Waals surface area contributed by atoms with Crippen LogP contribution in [0.15, 0.2) is 0 Å². The van der Waals surface area contributed by atoms with Crippen LogP contribution in [-0.4, -0.2) is 76.5 Å².